The molecule has 0 radical (unpaired) electrons. The Balaban J connectivity index is 1.99. The third-order valence-electron chi connectivity index (χ3n) is 4.18. The summed E-state index contributed by atoms with van der Waals surface area (Å²) in [5.74, 6) is 0.699. The molecule has 3 nitrogen and oxygen atoms in total. The van der Waals surface area contributed by atoms with Gasteiger partial charge in [0.15, 0.2) is 0 Å². The largest absolute Gasteiger partial charge is 0.485 e. The smallest absolute Gasteiger partial charge is 0.262 e. The first-order valence-corrected chi connectivity index (χ1v) is 7.78. The average Bonchev–Trinajstić information content (AvgIpc) is 2.59. The van der Waals surface area contributed by atoms with Crippen LogP contribution in [0.5, 0.6) is 5.75 Å². The number of aromatic nitrogens is 1. The summed E-state index contributed by atoms with van der Waals surface area (Å²) in [6.07, 6.45) is 3.79. The summed E-state index contributed by atoms with van der Waals surface area (Å²) in [6, 6.07) is 18.0. The molecule has 3 aromatic rings. The minimum Gasteiger partial charge on any atom is -0.485 e. The van der Waals surface area contributed by atoms with Crippen LogP contribution in [-0.2, 0) is 6.54 Å². The fourth-order valence-electron chi connectivity index (χ4n) is 3.05. The van der Waals surface area contributed by atoms with Crippen LogP contribution in [0.4, 0.5) is 0 Å². The third kappa shape index (κ3) is 2.34. The minimum atomic E-state index is -0.0183. The maximum Gasteiger partial charge on any atom is 0.262 e. The van der Waals surface area contributed by atoms with E-state index in [1.807, 2.05) is 78.2 Å². The highest BCUT2D eigenvalue weighted by Crippen LogP contribution is 2.32. The second kappa shape index (κ2) is 5.43. The molecule has 2 aromatic carbocycles. The minimum absolute atomic E-state index is 0.00861. The molecule has 114 valence electrons. The van der Waals surface area contributed by atoms with Crippen molar-refractivity contribution >= 4 is 17.0 Å². The molecule has 3 heteroatoms. The Kier molecular flexibility index (Phi) is 3.27. The van der Waals surface area contributed by atoms with Crippen LogP contribution in [0.1, 0.15) is 18.1 Å². The third-order valence-corrected chi connectivity index (χ3v) is 4.18. The molecule has 4 rings (SSSR count). The normalized spacial score (nSPS) is 16.1. The van der Waals surface area contributed by atoms with Crippen LogP contribution in [0, 0.1) is 0 Å². The Morgan fingerprint density at radius 1 is 1.04 bits per heavy atom. The Hall–Kier alpha value is -2.81. The molecule has 1 aliphatic rings. The predicted molar refractivity (Wildman–Crippen MR) is 92.9 cm³/mol. The summed E-state index contributed by atoms with van der Waals surface area (Å²) in [5, 5.41) is 0.981. The highest BCUT2D eigenvalue weighted by molar-refractivity contribution is 5.89. The van der Waals surface area contributed by atoms with Crippen LogP contribution < -0.4 is 10.3 Å². The molecule has 0 fully saturated rings. The summed E-state index contributed by atoms with van der Waals surface area (Å²) in [5.41, 5.74) is 2.64. The number of para-hydroxylation sites is 1. The maximum absolute atomic E-state index is 13.0. The van der Waals surface area contributed by atoms with E-state index in [0.29, 0.717) is 17.9 Å². The molecule has 1 atom stereocenters. The van der Waals surface area contributed by atoms with Crippen LogP contribution in [0.2, 0.25) is 0 Å². The van der Waals surface area contributed by atoms with Crippen LogP contribution in [-0.4, -0.2) is 10.7 Å². The van der Waals surface area contributed by atoms with E-state index in [2.05, 4.69) is 0 Å². The molecular weight excluding hydrogens is 286 g/mol. The van der Waals surface area contributed by atoms with Gasteiger partial charge in [0, 0.05) is 5.39 Å². The second-order valence-electron chi connectivity index (χ2n) is 5.82. The molecule has 1 aromatic heterocycles. The molecule has 0 amide bonds. The topological polar surface area (TPSA) is 31.2 Å². The second-order valence-corrected chi connectivity index (χ2v) is 5.82. The maximum atomic E-state index is 13.0. The van der Waals surface area contributed by atoms with E-state index in [-0.39, 0.29) is 11.7 Å². The van der Waals surface area contributed by atoms with Crippen LogP contribution in [0.15, 0.2) is 65.5 Å². The Labute approximate surface area is 134 Å². The van der Waals surface area contributed by atoms with Crippen molar-refractivity contribution in [1.82, 2.24) is 4.57 Å². The summed E-state index contributed by atoms with van der Waals surface area (Å²) >= 11 is 0. The predicted octanol–water partition coefficient (Wildman–Crippen LogP) is 3.84. The Morgan fingerprint density at radius 3 is 2.61 bits per heavy atom. The van der Waals surface area contributed by atoms with Gasteiger partial charge in [-0.25, -0.2) is 0 Å². The summed E-state index contributed by atoms with van der Waals surface area (Å²) < 4.78 is 7.76. The molecule has 2 heterocycles. The molecule has 23 heavy (non-hydrogen) atoms. The zero-order chi connectivity index (χ0) is 15.8. The lowest BCUT2D eigenvalue weighted by molar-refractivity contribution is 0.268. The number of ether oxygens (including phenoxy) is 1. The SMILES string of the molecule is CC1C=Cc2c(c3ccccc3n(Cc3ccccc3)c2=O)O1. The molecular formula is C20H17NO2. The molecule has 1 aliphatic heterocycles. The number of rotatable bonds is 2. The molecule has 0 N–H and O–H groups in total. The first-order valence-electron chi connectivity index (χ1n) is 7.78. The fourth-order valence-corrected chi connectivity index (χ4v) is 3.05. The number of hydrogen-bond acceptors (Lipinski definition) is 2. The number of nitrogens with zero attached hydrogens (tertiary/aromatic N) is 1. The number of hydrogen-bond donors (Lipinski definition) is 0. The van der Waals surface area contributed by atoms with E-state index in [1.54, 1.807) is 0 Å². The summed E-state index contributed by atoms with van der Waals surface area (Å²) in [7, 11) is 0. The first-order chi connectivity index (χ1) is 11.2. The molecule has 0 saturated carbocycles. The average molecular weight is 303 g/mol. The van der Waals surface area contributed by atoms with E-state index in [0.717, 1.165) is 16.5 Å². The van der Waals surface area contributed by atoms with E-state index in [1.165, 1.54) is 0 Å². The van der Waals surface area contributed by atoms with Gasteiger partial charge in [-0.1, -0.05) is 42.5 Å². The molecule has 0 spiro atoms. The van der Waals surface area contributed by atoms with Gasteiger partial charge in [0.2, 0.25) is 0 Å². The van der Waals surface area contributed by atoms with Crippen LogP contribution >= 0.6 is 0 Å². The van der Waals surface area contributed by atoms with Crippen LogP contribution in [0.25, 0.3) is 17.0 Å². The van der Waals surface area contributed by atoms with Gasteiger partial charge in [0.25, 0.3) is 5.56 Å². The zero-order valence-electron chi connectivity index (χ0n) is 12.9. The van der Waals surface area contributed by atoms with Crippen molar-refractivity contribution in [3.63, 3.8) is 0 Å². The number of benzene rings is 2. The highest BCUT2D eigenvalue weighted by atomic mass is 16.5. The van der Waals surface area contributed by atoms with Gasteiger partial charge < -0.3 is 9.30 Å². The molecule has 0 bridgehead atoms. The van der Waals surface area contributed by atoms with E-state index < -0.39 is 0 Å². The number of fused-ring (bicyclic) bond motifs is 3. The summed E-state index contributed by atoms with van der Waals surface area (Å²) in [4.78, 5) is 13.0. The van der Waals surface area contributed by atoms with Crippen molar-refractivity contribution < 1.29 is 4.74 Å². The van der Waals surface area contributed by atoms with Gasteiger partial charge in [-0.15, -0.1) is 0 Å². The molecule has 0 saturated heterocycles. The standard InChI is InChI=1S/C20H17NO2/c1-14-11-12-17-19(23-14)16-9-5-6-10-18(16)21(20(17)22)13-15-7-3-2-4-8-15/h2-12,14H,13H2,1H3. The molecule has 1 unspecified atom stereocenters. The van der Waals surface area contributed by atoms with Crippen molar-refractivity contribution in [2.24, 2.45) is 0 Å². The van der Waals surface area contributed by atoms with Crippen LogP contribution in [0.3, 0.4) is 0 Å². The Morgan fingerprint density at radius 2 is 1.78 bits per heavy atom. The van der Waals surface area contributed by atoms with Gasteiger partial charge in [-0.2, -0.15) is 0 Å². The van der Waals surface area contributed by atoms with Gasteiger partial charge in [0.1, 0.15) is 11.9 Å². The lowest BCUT2D eigenvalue weighted by Gasteiger charge is -2.22. The lowest BCUT2D eigenvalue weighted by atomic mass is 10.1. The highest BCUT2D eigenvalue weighted by Gasteiger charge is 2.20. The summed E-state index contributed by atoms with van der Waals surface area (Å²) in [6.45, 7) is 2.53. The van der Waals surface area contributed by atoms with Crippen molar-refractivity contribution in [3.8, 4) is 5.75 Å². The number of pyridine rings is 1. The zero-order valence-corrected chi connectivity index (χ0v) is 12.9. The van der Waals surface area contributed by atoms with E-state index in [9.17, 15) is 4.79 Å². The van der Waals surface area contributed by atoms with Gasteiger partial charge in [0.05, 0.1) is 17.6 Å². The first kappa shape index (κ1) is 13.8. The van der Waals surface area contributed by atoms with Gasteiger partial charge in [-0.05, 0) is 36.8 Å². The van der Waals surface area contributed by atoms with Gasteiger partial charge >= 0.3 is 0 Å². The van der Waals surface area contributed by atoms with Crippen molar-refractivity contribution in [3.05, 3.63) is 82.2 Å². The van der Waals surface area contributed by atoms with Crippen molar-refractivity contribution in [1.29, 1.82) is 0 Å². The van der Waals surface area contributed by atoms with Gasteiger partial charge in [-0.3, -0.25) is 4.79 Å². The Bertz CT molecular complexity index is 955. The molecule has 0 aliphatic carbocycles. The van der Waals surface area contributed by atoms with Crippen molar-refractivity contribution in [2.75, 3.05) is 0 Å². The van der Waals surface area contributed by atoms with Crippen molar-refractivity contribution in [2.45, 2.75) is 19.6 Å². The quantitative estimate of drug-likeness (QED) is 0.720. The van der Waals surface area contributed by atoms with E-state index in [4.69, 9.17) is 4.74 Å². The van der Waals surface area contributed by atoms with E-state index >= 15 is 0 Å². The fraction of sp³-hybridized carbons (Fsp3) is 0.150. The lowest BCUT2D eigenvalue weighted by Crippen LogP contribution is -2.27. The monoisotopic (exact) mass is 303 g/mol.